The van der Waals surface area contributed by atoms with Gasteiger partial charge in [-0.25, -0.2) is 15.0 Å². The van der Waals surface area contributed by atoms with E-state index in [1.165, 1.54) is 29.8 Å². The number of rotatable bonds is 6. The average Bonchev–Trinajstić information content (AvgIpc) is 3.09. The zero-order valence-corrected chi connectivity index (χ0v) is 13.9. The second kappa shape index (κ2) is 7.65. The smallest absolute Gasteiger partial charge is 0.222 e. The SMILES string of the molecule is CCCNc1ncc(CN2CCCC[C@H]2c2nccs2)cn1. The van der Waals surface area contributed by atoms with Gasteiger partial charge in [-0.15, -0.1) is 11.3 Å². The Morgan fingerprint density at radius 3 is 2.86 bits per heavy atom. The number of hydrogen-bond acceptors (Lipinski definition) is 6. The van der Waals surface area contributed by atoms with Gasteiger partial charge in [0.15, 0.2) is 0 Å². The lowest BCUT2D eigenvalue weighted by Gasteiger charge is -2.34. The molecule has 1 fully saturated rings. The summed E-state index contributed by atoms with van der Waals surface area (Å²) in [5.74, 6) is 0.723. The Kier molecular flexibility index (Phi) is 5.34. The quantitative estimate of drug-likeness (QED) is 0.884. The molecule has 2 aromatic heterocycles. The maximum Gasteiger partial charge on any atom is 0.222 e. The largest absolute Gasteiger partial charge is 0.354 e. The number of nitrogens with one attached hydrogen (secondary N) is 1. The van der Waals surface area contributed by atoms with Gasteiger partial charge in [0, 0.05) is 42.6 Å². The van der Waals surface area contributed by atoms with Crippen LogP contribution in [0.15, 0.2) is 24.0 Å². The van der Waals surface area contributed by atoms with E-state index < -0.39 is 0 Å². The highest BCUT2D eigenvalue weighted by atomic mass is 32.1. The zero-order chi connectivity index (χ0) is 15.2. The summed E-state index contributed by atoms with van der Waals surface area (Å²) in [6.07, 6.45) is 10.6. The maximum absolute atomic E-state index is 4.52. The van der Waals surface area contributed by atoms with Crippen LogP contribution in [-0.2, 0) is 6.54 Å². The summed E-state index contributed by atoms with van der Waals surface area (Å²) in [7, 11) is 0. The molecule has 1 N–H and O–H groups in total. The molecule has 0 saturated carbocycles. The van der Waals surface area contributed by atoms with Crippen molar-refractivity contribution in [2.24, 2.45) is 0 Å². The lowest BCUT2D eigenvalue weighted by molar-refractivity contribution is 0.140. The number of likely N-dealkylation sites (tertiary alicyclic amines) is 1. The second-order valence-electron chi connectivity index (χ2n) is 5.69. The summed E-state index contributed by atoms with van der Waals surface area (Å²) in [6, 6.07) is 0.451. The number of thiazole rings is 1. The molecule has 1 saturated heterocycles. The van der Waals surface area contributed by atoms with Gasteiger partial charge < -0.3 is 5.32 Å². The predicted molar refractivity (Wildman–Crippen MR) is 89.9 cm³/mol. The summed E-state index contributed by atoms with van der Waals surface area (Å²) in [5.41, 5.74) is 1.17. The molecule has 0 bridgehead atoms. The minimum absolute atomic E-state index is 0.451. The molecule has 0 amide bonds. The third-order valence-corrected chi connectivity index (χ3v) is 4.85. The van der Waals surface area contributed by atoms with Crippen LogP contribution in [0.3, 0.4) is 0 Å². The number of piperidine rings is 1. The molecule has 0 aliphatic carbocycles. The monoisotopic (exact) mass is 317 g/mol. The molecule has 118 valence electrons. The molecular weight excluding hydrogens is 294 g/mol. The maximum atomic E-state index is 4.52. The Morgan fingerprint density at radius 1 is 1.27 bits per heavy atom. The third-order valence-electron chi connectivity index (χ3n) is 3.97. The Labute approximate surface area is 135 Å². The second-order valence-corrected chi connectivity index (χ2v) is 6.62. The van der Waals surface area contributed by atoms with Crippen molar-refractivity contribution in [3.63, 3.8) is 0 Å². The van der Waals surface area contributed by atoms with Crippen molar-refractivity contribution in [3.05, 3.63) is 34.5 Å². The Bertz CT molecular complexity index is 554. The number of hydrogen-bond donors (Lipinski definition) is 1. The van der Waals surface area contributed by atoms with E-state index >= 15 is 0 Å². The number of nitrogens with zero attached hydrogens (tertiary/aromatic N) is 4. The van der Waals surface area contributed by atoms with E-state index in [4.69, 9.17) is 0 Å². The van der Waals surface area contributed by atoms with Crippen molar-refractivity contribution in [2.75, 3.05) is 18.4 Å². The topological polar surface area (TPSA) is 53.9 Å². The fourth-order valence-electron chi connectivity index (χ4n) is 2.86. The minimum atomic E-state index is 0.451. The molecule has 0 aromatic carbocycles. The van der Waals surface area contributed by atoms with Gasteiger partial charge in [0.1, 0.15) is 5.01 Å². The molecule has 2 aromatic rings. The van der Waals surface area contributed by atoms with Gasteiger partial charge in [-0.3, -0.25) is 4.90 Å². The summed E-state index contributed by atoms with van der Waals surface area (Å²) < 4.78 is 0. The van der Waals surface area contributed by atoms with E-state index in [2.05, 4.69) is 37.5 Å². The van der Waals surface area contributed by atoms with Crippen molar-refractivity contribution in [2.45, 2.75) is 45.2 Å². The van der Waals surface area contributed by atoms with Gasteiger partial charge in [0.2, 0.25) is 5.95 Å². The van der Waals surface area contributed by atoms with Gasteiger partial charge in [0.25, 0.3) is 0 Å². The van der Waals surface area contributed by atoms with Gasteiger partial charge >= 0.3 is 0 Å². The van der Waals surface area contributed by atoms with E-state index in [1.807, 2.05) is 18.6 Å². The molecular formula is C16H23N5S. The van der Waals surface area contributed by atoms with Crippen molar-refractivity contribution >= 4 is 17.3 Å². The average molecular weight is 317 g/mol. The van der Waals surface area contributed by atoms with E-state index in [0.717, 1.165) is 32.0 Å². The molecule has 3 rings (SSSR count). The van der Waals surface area contributed by atoms with Crippen molar-refractivity contribution in [3.8, 4) is 0 Å². The minimum Gasteiger partial charge on any atom is -0.354 e. The van der Waals surface area contributed by atoms with Gasteiger partial charge in [-0.2, -0.15) is 0 Å². The fraction of sp³-hybridized carbons (Fsp3) is 0.562. The van der Waals surface area contributed by atoms with E-state index in [-0.39, 0.29) is 0 Å². The first-order valence-electron chi connectivity index (χ1n) is 8.05. The third kappa shape index (κ3) is 3.81. The normalized spacial score (nSPS) is 19.2. The zero-order valence-electron chi connectivity index (χ0n) is 13.0. The van der Waals surface area contributed by atoms with Crippen LogP contribution >= 0.6 is 11.3 Å². The van der Waals surface area contributed by atoms with Crippen LogP contribution in [0.4, 0.5) is 5.95 Å². The molecule has 0 spiro atoms. The van der Waals surface area contributed by atoms with Crippen LogP contribution in [0.25, 0.3) is 0 Å². The summed E-state index contributed by atoms with van der Waals surface area (Å²) in [6.45, 7) is 5.08. The summed E-state index contributed by atoms with van der Waals surface area (Å²) in [5, 5.41) is 6.52. The molecule has 22 heavy (non-hydrogen) atoms. The summed E-state index contributed by atoms with van der Waals surface area (Å²) in [4.78, 5) is 15.8. The predicted octanol–water partition coefficient (Wildman–Crippen LogP) is 3.48. The lowest BCUT2D eigenvalue weighted by Crippen LogP contribution is -2.32. The van der Waals surface area contributed by atoms with Crippen LogP contribution < -0.4 is 5.32 Å². The van der Waals surface area contributed by atoms with E-state index in [1.54, 1.807) is 11.3 Å². The highest BCUT2D eigenvalue weighted by Gasteiger charge is 2.25. The standard InChI is InChI=1S/C16H23N5S/c1-2-6-18-16-19-10-13(11-20-16)12-21-8-4-3-5-14(21)15-17-7-9-22-15/h7,9-11,14H,2-6,8,12H2,1H3,(H,18,19,20)/t14-/m0/s1. The van der Waals surface area contributed by atoms with Crippen LogP contribution in [0.1, 0.15) is 49.2 Å². The number of anilines is 1. The molecule has 1 atom stereocenters. The Morgan fingerprint density at radius 2 is 2.14 bits per heavy atom. The van der Waals surface area contributed by atoms with Gasteiger partial charge in [-0.05, 0) is 25.8 Å². The van der Waals surface area contributed by atoms with Crippen molar-refractivity contribution in [1.29, 1.82) is 0 Å². The number of aromatic nitrogens is 3. The molecule has 1 aliphatic rings. The van der Waals surface area contributed by atoms with Crippen molar-refractivity contribution < 1.29 is 0 Å². The highest BCUT2D eigenvalue weighted by Crippen LogP contribution is 2.32. The van der Waals surface area contributed by atoms with Crippen LogP contribution in [0.2, 0.25) is 0 Å². The summed E-state index contributed by atoms with van der Waals surface area (Å²) >= 11 is 1.76. The molecule has 3 heterocycles. The van der Waals surface area contributed by atoms with Gasteiger partial charge in [-0.1, -0.05) is 13.3 Å². The van der Waals surface area contributed by atoms with Crippen molar-refractivity contribution in [1.82, 2.24) is 19.9 Å². The highest BCUT2D eigenvalue weighted by molar-refractivity contribution is 7.09. The van der Waals surface area contributed by atoms with Crippen LogP contribution in [-0.4, -0.2) is 32.9 Å². The Balaban J connectivity index is 1.65. The van der Waals surface area contributed by atoms with Gasteiger partial charge in [0.05, 0.1) is 6.04 Å². The molecule has 0 unspecified atom stereocenters. The molecule has 5 nitrogen and oxygen atoms in total. The van der Waals surface area contributed by atoms with E-state index in [9.17, 15) is 0 Å². The molecule has 6 heteroatoms. The molecule has 1 aliphatic heterocycles. The fourth-order valence-corrected chi connectivity index (χ4v) is 3.66. The first kappa shape index (κ1) is 15.4. The first-order chi connectivity index (χ1) is 10.9. The lowest BCUT2D eigenvalue weighted by atomic mass is 10.0. The molecule has 0 radical (unpaired) electrons. The Hall–Kier alpha value is -1.53. The van der Waals surface area contributed by atoms with Crippen LogP contribution in [0.5, 0.6) is 0 Å². The van der Waals surface area contributed by atoms with E-state index in [0.29, 0.717) is 6.04 Å². The first-order valence-corrected chi connectivity index (χ1v) is 8.93. The van der Waals surface area contributed by atoms with Crippen LogP contribution in [0, 0.1) is 0 Å².